The van der Waals surface area contributed by atoms with Crippen molar-refractivity contribution < 1.29 is 0 Å². The van der Waals surface area contributed by atoms with Gasteiger partial charge in [0.2, 0.25) is 0 Å². The highest BCUT2D eigenvalue weighted by molar-refractivity contribution is 6.35. The van der Waals surface area contributed by atoms with Gasteiger partial charge in [-0.3, -0.25) is 4.79 Å². The van der Waals surface area contributed by atoms with Gasteiger partial charge in [0.25, 0.3) is 5.56 Å². The summed E-state index contributed by atoms with van der Waals surface area (Å²) in [6.45, 7) is 2.95. The highest BCUT2D eigenvalue weighted by Crippen LogP contribution is 2.30. The Morgan fingerprint density at radius 2 is 1.86 bits per heavy atom. The summed E-state index contributed by atoms with van der Waals surface area (Å²) in [4.78, 5) is 22.2. The number of rotatable bonds is 5. The Bertz CT molecular complexity index is 1010. The van der Waals surface area contributed by atoms with Crippen LogP contribution in [0.3, 0.4) is 0 Å². The maximum Gasteiger partial charge on any atom is 0.260 e. The lowest BCUT2D eigenvalue weighted by Crippen LogP contribution is -2.48. The van der Waals surface area contributed by atoms with Crippen LogP contribution in [0.15, 0.2) is 53.3 Å². The molecule has 3 N–H and O–H groups in total. The highest BCUT2D eigenvalue weighted by atomic mass is 35.5. The number of H-pyrrole nitrogens is 1. The predicted octanol–water partition coefficient (Wildman–Crippen LogP) is 3.46. The number of piperidine rings is 1. The van der Waals surface area contributed by atoms with Crippen molar-refractivity contribution in [2.75, 3.05) is 19.6 Å². The predicted molar refractivity (Wildman–Crippen MR) is 114 cm³/mol. The molecule has 3 aromatic rings. The number of aromatic amines is 1. The summed E-state index contributed by atoms with van der Waals surface area (Å²) in [7, 11) is 0. The zero-order valence-electron chi connectivity index (χ0n) is 15.8. The van der Waals surface area contributed by atoms with E-state index in [1.54, 1.807) is 6.07 Å². The maximum atomic E-state index is 12.3. The number of hydrogen-bond acceptors (Lipinski definition) is 4. The van der Waals surface area contributed by atoms with Crippen LogP contribution in [0, 0.1) is 0 Å². The lowest BCUT2D eigenvalue weighted by Gasteiger charge is -2.39. The van der Waals surface area contributed by atoms with Crippen molar-refractivity contribution in [2.24, 2.45) is 5.73 Å². The average Bonchev–Trinajstić information content (AvgIpc) is 2.70. The number of nitrogens with two attached hydrogens (primary N) is 1. The van der Waals surface area contributed by atoms with Gasteiger partial charge in [-0.25, -0.2) is 4.98 Å². The highest BCUT2D eigenvalue weighted by Gasteiger charge is 2.31. The molecule has 0 aliphatic carbocycles. The van der Waals surface area contributed by atoms with Crippen molar-refractivity contribution in [3.8, 4) is 0 Å². The van der Waals surface area contributed by atoms with Crippen molar-refractivity contribution in [3.05, 3.63) is 75.3 Å². The van der Waals surface area contributed by atoms with E-state index < -0.39 is 0 Å². The largest absolute Gasteiger partial charge is 0.321 e. The number of likely N-dealkylation sites (tertiary alicyclic amines) is 1. The fourth-order valence-electron chi connectivity index (χ4n) is 4.02. The lowest BCUT2D eigenvalue weighted by molar-refractivity contribution is 0.160. The smallest absolute Gasteiger partial charge is 0.260 e. The van der Waals surface area contributed by atoms with Crippen LogP contribution in [0.5, 0.6) is 0 Å². The van der Waals surface area contributed by atoms with Crippen LogP contribution in [-0.2, 0) is 12.0 Å². The minimum absolute atomic E-state index is 0.167. The molecule has 1 saturated heterocycles. The summed E-state index contributed by atoms with van der Waals surface area (Å²) >= 11 is 6.11. The molecule has 6 heteroatoms. The second-order valence-electron chi connectivity index (χ2n) is 7.61. The Morgan fingerprint density at radius 1 is 1.11 bits per heavy atom. The second kappa shape index (κ2) is 8.03. The van der Waals surface area contributed by atoms with Gasteiger partial charge in [0.05, 0.1) is 15.9 Å². The van der Waals surface area contributed by atoms with E-state index in [9.17, 15) is 4.79 Å². The third-order valence-corrected chi connectivity index (χ3v) is 6.03. The summed E-state index contributed by atoms with van der Waals surface area (Å²) in [5, 5.41) is 0.902. The Morgan fingerprint density at radius 3 is 2.61 bits per heavy atom. The summed E-state index contributed by atoms with van der Waals surface area (Å²) in [5.41, 5.74) is 8.15. The first kappa shape index (κ1) is 19.1. The van der Waals surface area contributed by atoms with Gasteiger partial charge in [0, 0.05) is 25.0 Å². The summed E-state index contributed by atoms with van der Waals surface area (Å²) in [5.74, 6) is 0.717. The molecule has 0 bridgehead atoms. The summed E-state index contributed by atoms with van der Waals surface area (Å²) in [6.07, 6.45) is 3.60. The van der Waals surface area contributed by atoms with Gasteiger partial charge in [0.1, 0.15) is 5.82 Å². The van der Waals surface area contributed by atoms with E-state index in [1.165, 1.54) is 5.56 Å². The van der Waals surface area contributed by atoms with Crippen LogP contribution < -0.4 is 11.3 Å². The molecule has 146 valence electrons. The molecule has 0 unspecified atom stereocenters. The molecule has 2 heterocycles. The van der Waals surface area contributed by atoms with Gasteiger partial charge in [-0.05, 0) is 43.5 Å². The van der Waals surface area contributed by atoms with Crippen LogP contribution in [0.2, 0.25) is 5.02 Å². The van der Waals surface area contributed by atoms with E-state index in [4.69, 9.17) is 17.3 Å². The number of benzene rings is 2. The fraction of sp³-hybridized carbons (Fsp3) is 0.364. The average molecular weight is 397 g/mol. The number of aryl methyl sites for hydroxylation is 1. The Labute approximate surface area is 169 Å². The molecular weight excluding hydrogens is 372 g/mol. The van der Waals surface area contributed by atoms with Crippen molar-refractivity contribution in [3.63, 3.8) is 0 Å². The van der Waals surface area contributed by atoms with Crippen molar-refractivity contribution in [2.45, 2.75) is 31.2 Å². The number of fused-ring (bicyclic) bond motifs is 1. The molecule has 0 saturated carbocycles. The van der Waals surface area contributed by atoms with Gasteiger partial charge < -0.3 is 15.6 Å². The molecule has 1 fully saturated rings. The van der Waals surface area contributed by atoms with E-state index >= 15 is 0 Å². The molecule has 0 radical (unpaired) electrons. The van der Waals surface area contributed by atoms with Crippen molar-refractivity contribution in [1.29, 1.82) is 0 Å². The van der Waals surface area contributed by atoms with Gasteiger partial charge in [0.15, 0.2) is 0 Å². The minimum Gasteiger partial charge on any atom is -0.321 e. The van der Waals surface area contributed by atoms with Crippen LogP contribution in [0.25, 0.3) is 10.9 Å². The third kappa shape index (κ3) is 3.97. The molecule has 0 amide bonds. The van der Waals surface area contributed by atoms with E-state index in [0.717, 1.165) is 45.3 Å². The zero-order chi connectivity index (χ0) is 19.6. The molecule has 28 heavy (non-hydrogen) atoms. The number of nitrogens with one attached hydrogen (secondary N) is 1. The lowest BCUT2D eigenvalue weighted by atomic mass is 9.82. The second-order valence-corrected chi connectivity index (χ2v) is 8.02. The quantitative estimate of drug-likeness (QED) is 0.692. The molecule has 1 aliphatic heterocycles. The van der Waals surface area contributed by atoms with Crippen molar-refractivity contribution >= 4 is 22.5 Å². The summed E-state index contributed by atoms with van der Waals surface area (Å²) < 4.78 is 0. The van der Waals surface area contributed by atoms with Gasteiger partial charge in [-0.2, -0.15) is 0 Å². The molecular formula is C22H25ClN4O. The topological polar surface area (TPSA) is 75.0 Å². The van der Waals surface area contributed by atoms with Crippen LogP contribution >= 0.6 is 11.6 Å². The van der Waals surface area contributed by atoms with E-state index in [-0.39, 0.29) is 11.1 Å². The van der Waals surface area contributed by atoms with Gasteiger partial charge in [-0.15, -0.1) is 0 Å². The first-order valence-electron chi connectivity index (χ1n) is 9.79. The molecule has 0 spiro atoms. The number of aromatic nitrogens is 2. The van der Waals surface area contributed by atoms with Crippen LogP contribution in [0.4, 0.5) is 0 Å². The first-order valence-corrected chi connectivity index (χ1v) is 10.2. The van der Waals surface area contributed by atoms with Crippen molar-refractivity contribution in [1.82, 2.24) is 14.9 Å². The molecule has 2 aromatic carbocycles. The van der Waals surface area contributed by atoms with E-state index in [2.05, 4.69) is 39.1 Å². The molecule has 1 aromatic heterocycles. The maximum absolute atomic E-state index is 12.3. The van der Waals surface area contributed by atoms with Gasteiger partial charge in [-0.1, -0.05) is 48.0 Å². The Hall–Kier alpha value is -2.21. The number of hydrogen-bond donors (Lipinski definition) is 2. The SMILES string of the molecule is NC1(c2ccccc2)CCN(CCCc2nc3cccc(Cl)c3c(=O)[nH]2)CC1. The van der Waals surface area contributed by atoms with Crippen LogP contribution in [-0.4, -0.2) is 34.5 Å². The zero-order valence-corrected chi connectivity index (χ0v) is 16.6. The third-order valence-electron chi connectivity index (χ3n) is 5.72. The Balaban J connectivity index is 1.33. The van der Waals surface area contributed by atoms with E-state index in [0.29, 0.717) is 21.7 Å². The number of nitrogens with zero attached hydrogens (tertiary/aromatic N) is 2. The molecule has 4 rings (SSSR count). The van der Waals surface area contributed by atoms with Gasteiger partial charge >= 0.3 is 0 Å². The molecule has 0 atom stereocenters. The minimum atomic E-state index is -0.220. The Kier molecular flexibility index (Phi) is 5.49. The van der Waals surface area contributed by atoms with E-state index in [1.807, 2.05) is 18.2 Å². The number of halogens is 1. The normalized spacial score (nSPS) is 17.1. The summed E-state index contributed by atoms with van der Waals surface area (Å²) in [6, 6.07) is 15.8. The monoisotopic (exact) mass is 396 g/mol. The fourth-order valence-corrected chi connectivity index (χ4v) is 4.28. The molecule has 1 aliphatic rings. The standard InChI is InChI=1S/C22H25ClN4O/c23-17-8-4-9-18-20(17)21(28)26-19(25-18)10-5-13-27-14-11-22(24,12-15-27)16-6-2-1-3-7-16/h1-4,6-9H,5,10-15,24H2,(H,25,26,28). The molecule has 5 nitrogen and oxygen atoms in total. The van der Waals surface area contributed by atoms with Crippen LogP contribution in [0.1, 0.15) is 30.7 Å². The first-order chi connectivity index (χ1) is 13.5.